The van der Waals surface area contributed by atoms with E-state index < -0.39 is 5.41 Å². The van der Waals surface area contributed by atoms with Crippen molar-refractivity contribution in [1.29, 1.82) is 0 Å². The minimum Gasteiger partial charge on any atom is -0.377 e. The second kappa shape index (κ2) is 11.7. The van der Waals surface area contributed by atoms with Gasteiger partial charge in [-0.3, -0.25) is 14.4 Å². The molecule has 1 aliphatic rings. The molecule has 1 saturated heterocycles. The van der Waals surface area contributed by atoms with Gasteiger partial charge in [0.2, 0.25) is 5.91 Å². The van der Waals surface area contributed by atoms with Gasteiger partial charge < -0.3 is 14.4 Å². The molecular weight excluding hydrogens is 542 g/mol. The first-order chi connectivity index (χ1) is 18.0. The Hall–Kier alpha value is -2.56. The SMILES string of the molecule is CN(C)c1ccn(CC(=O)N2CCCCC2)c(=O)c1-c1cc(SCc2ccc(Cl)s2)n(C(=O)C(C)(C)C)n1. The normalized spacial score (nSPS) is 14.1. The quantitative estimate of drug-likeness (QED) is 0.347. The van der Waals surface area contributed by atoms with Crippen LogP contribution in [0.25, 0.3) is 11.3 Å². The number of hydrogen-bond donors (Lipinski definition) is 0. The molecule has 38 heavy (non-hydrogen) atoms. The number of anilines is 1. The Labute approximate surface area is 236 Å². The number of carbonyl (C=O) groups is 2. The third kappa shape index (κ3) is 6.35. The van der Waals surface area contributed by atoms with E-state index in [1.807, 2.05) is 62.9 Å². The number of amides is 1. The Morgan fingerprint density at radius 1 is 1.13 bits per heavy atom. The zero-order valence-electron chi connectivity index (χ0n) is 22.5. The van der Waals surface area contributed by atoms with Crippen molar-refractivity contribution in [3.05, 3.63) is 50.0 Å². The Kier molecular flexibility index (Phi) is 8.74. The Morgan fingerprint density at radius 3 is 2.45 bits per heavy atom. The molecule has 1 amide bonds. The summed E-state index contributed by atoms with van der Waals surface area (Å²) in [5.41, 5.74) is 0.461. The molecule has 3 aromatic heterocycles. The minimum absolute atomic E-state index is 0.0259. The Balaban J connectivity index is 1.75. The summed E-state index contributed by atoms with van der Waals surface area (Å²) >= 11 is 9.07. The van der Waals surface area contributed by atoms with Gasteiger partial charge in [0, 0.05) is 49.4 Å². The number of halogens is 1. The number of hydrogen-bond acceptors (Lipinski definition) is 7. The van der Waals surface area contributed by atoms with E-state index in [-0.39, 0.29) is 23.9 Å². The summed E-state index contributed by atoms with van der Waals surface area (Å²) < 4.78 is 3.56. The second-order valence-corrected chi connectivity index (χ2v) is 13.5. The molecule has 0 bridgehead atoms. The smallest absolute Gasteiger partial charge is 0.262 e. The molecule has 8 nitrogen and oxygen atoms in total. The zero-order valence-corrected chi connectivity index (χ0v) is 24.9. The number of thiophene rings is 1. The van der Waals surface area contributed by atoms with E-state index >= 15 is 0 Å². The number of pyridine rings is 1. The topological polar surface area (TPSA) is 80.4 Å². The minimum atomic E-state index is -0.674. The summed E-state index contributed by atoms with van der Waals surface area (Å²) in [5.74, 6) is 0.386. The molecule has 0 aliphatic carbocycles. The zero-order chi connectivity index (χ0) is 27.6. The first-order valence-corrected chi connectivity index (χ1v) is 14.8. The van der Waals surface area contributed by atoms with Crippen molar-refractivity contribution in [3.63, 3.8) is 0 Å². The van der Waals surface area contributed by atoms with Crippen molar-refractivity contribution in [2.45, 2.75) is 57.4 Å². The predicted molar refractivity (Wildman–Crippen MR) is 156 cm³/mol. The van der Waals surface area contributed by atoms with E-state index in [1.54, 1.807) is 12.3 Å². The summed E-state index contributed by atoms with van der Waals surface area (Å²) in [5, 5.41) is 5.31. The van der Waals surface area contributed by atoms with E-state index in [9.17, 15) is 14.4 Å². The van der Waals surface area contributed by atoms with E-state index in [0.29, 0.717) is 32.1 Å². The third-order valence-corrected chi connectivity index (χ3v) is 8.85. The average Bonchev–Trinajstić information content (AvgIpc) is 3.48. The van der Waals surface area contributed by atoms with Crippen LogP contribution in [0.4, 0.5) is 5.69 Å². The van der Waals surface area contributed by atoms with Crippen molar-refractivity contribution >= 4 is 52.2 Å². The van der Waals surface area contributed by atoms with Crippen LogP contribution in [0.15, 0.2) is 40.3 Å². The largest absolute Gasteiger partial charge is 0.377 e. The third-order valence-electron chi connectivity index (χ3n) is 6.40. The van der Waals surface area contributed by atoms with Crippen LogP contribution in [0, 0.1) is 5.41 Å². The van der Waals surface area contributed by atoms with Gasteiger partial charge in [-0.15, -0.1) is 23.1 Å². The average molecular weight is 576 g/mol. The molecule has 3 aromatic rings. The lowest BCUT2D eigenvalue weighted by molar-refractivity contribution is -0.132. The molecule has 0 saturated carbocycles. The van der Waals surface area contributed by atoms with Crippen LogP contribution in [0.3, 0.4) is 0 Å². The fourth-order valence-electron chi connectivity index (χ4n) is 4.32. The number of likely N-dealkylation sites (tertiary alicyclic amines) is 1. The van der Waals surface area contributed by atoms with Gasteiger partial charge in [-0.25, -0.2) is 0 Å². The first-order valence-electron chi connectivity index (χ1n) is 12.7. The number of aromatic nitrogens is 3. The van der Waals surface area contributed by atoms with Gasteiger partial charge in [0.05, 0.1) is 15.6 Å². The molecule has 1 fully saturated rings. The molecule has 0 N–H and O–H groups in total. The van der Waals surface area contributed by atoms with Crippen LogP contribution in [0.2, 0.25) is 4.34 Å². The van der Waals surface area contributed by atoms with Crippen molar-refractivity contribution in [2.75, 3.05) is 32.1 Å². The molecule has 0 spiro atoms. The van der Waals surface area contributed by atoms with Crippen LogP contribution in [0.1, 0.15) is 49.7 Å². The fourth-order valence-corrected chi connectivity index (χ4v) is 6.44. The molecule has 1 aliphatic heterocycles. The summed E-state index contributed by atoms with van der Waals surface area (Å²) in [4.78, 5) is 44.9. The molecule has 0 unspecified atom stereocenters. The molecule has 0 atom stereocenters. The van der Waals surface area contributed by atoms with Crippen molar-refractivity contribution in [3.8, 4) is 11.3 Å². The summed E-state index contributed by atoms with van der Waals surface area (Å²) in [6.07, 6.45) is 4.77. The van der Waals surface area contributed by atoms with Crippen molar-refractivity contribution in [1.82, 2.24) is 19.2 Å². The van der Waals surface area contributed by atoms with Crippen molar-refractivity contribution in [2.24, 2.45) is 5.41 Å². The van der Waals surface area contributed by atoms with Gasteiger partial charge in [-0.2, -0.15) is 9.78 Å². The molecule has 0 aromatic carbocycles. The molecule has 204 valence electrons. The predicted octanol–water partition coefficient (Wildman–Crippen LogP) is 5.48. The first kappa shape index (κ1) is 28.4. The summed E-state index contributed by atoms with van der Waals surface area (Å²) in [7, 11) is 3.71. The lowest BCUT2D eigenvalue weighted by atomic mass is 9.96. The molecular formula is C27H34ClN5O3S2. The van der Waals surface area contributed by atoms with Gasteiger partial charge in [-0.1, -0.05) is 32.4 Å². The van der Waals surface area contributed by atoms with E-state index in [1.165, 1.54) is 32.3 Å². The highest BCUT2D eigenvalue weighted by molar-refractivity contribution is 7.98. The van der Waals surface area contributed by atoms with Crippen LogP contribution in [-0.4, -0.2) is 58.2 Å². The second-order valence-electron chi connectivity index (χ2n) is 10.7. The van der Waals surface area contributed by atoms with Crippen LogP contribution in [0.5, 0.6) is 0 Å². The maximum atomic E-state index is 13.8. The van der Waals surface area contributed by atoms with Crippen LogP contribution >= 0.6 is 34.7 Å². The number of piperidine rings is 1. The highest BCUT2D eigenvalue weighted by Crippen LogP contribution is 2.34. The summed E-state index contributed by atoms with van der Waals surface area (Å²) in [6, 6.07) is 7.44. The standard InChI is InChI=1S/C27H34ClN5O3S2/c1-27(2,3)26(36)33-23(37-17-18-9-10-21(28)38-18)15-19(29-33)24-20(30(4)5)11-14-32(25(24)35)16-22(34)31-12-7-6-8-13-31/h9-11,14-15H,6-8,12-13,16-17H2,1-5H3. The maximum absolute atomic E-state index is 13.8. The maximum Gasteiger partial charge on any atom is 0.262 e. The number of carbonyl (C=O) groups excluding carboxylic acids is 2. The number of nitrogens with zero attached hydrogens (tertiary/aromatic N) is 5. The van der Waals surface area contributed by atoms with Crippen LogP contribution in [-0.2, 0) is 17.1 Å². The lowest BCUT2D eigenvalue weighted by Crippen LogP contribution is -2.39. The van der Waals surface area contributed by atoms with Gasteiger partial charge >= 0.3 is 0 Å². The molecule has 4 rings (SSSR count). The lowest BCUT2D eigenvalue weighted by Gasteiger charge is -2.27. The number of rotatable bonds is 7. The van der Waals surface area contributed by atoms with E-state index in [0.717, 1.165) is 37.2 Å². The molecule has 4 heterocycles. The van der Waals surface area contributed by atoms with E-state index in [4.69, 9.17) is 11.6 Å². The van der Waals surface area contributed by atoms with Crippen LogP contribution < -0.4 is 10.5 Å². The Bertz CT molecular complexity index is 1380. The van der Waals surface area contributed by atoms with E-state index in [2.05, 4.69) is 5.10 Å². The Morgan fingerprint density at radius 2 is 1.84 bits per heavy atom. The monoisotopic (exact) mass is 575 g/mol. The fraction of sp³-hybridized carbons (Fsp3) is 0.481. The molecule has 0 radical (unpaired) electrons. The molecule has 11 heteroatoms. The summed E-state index contributed by atoms with van der Waals surface area (Å²) in [6.45, 7) is 6.96. The van der Waals surface area contributed by atoms with Gasteiger partial charge in [0.25, 0.3) is 11.5 Å². The van der Waals surface area contributed by atoms with Gasteiger partial charge in [0.15, 0.2) is 0 Å². The number of thioether (sulfide) groups is 1. The van der Waals surface area contributed by atoms with Crippen molar-refractivity contribution < 1.29 is 9.59 Å². The van der Waals surface area contributed by atoms with Gasteiger partial charge in [0.1, 0.15) is 17.3 Å². The van der Waals surface area contributed by atoms with Gasteiger partial charge in [-0.05, 0) is 43.5 Å². The highest BCUT2D eigenvalue weighted by atomic mass is 35.5. The highest BCUT2D eigenvalue weighted by Gasteiger charge is 2.29.